The fourth-order valence-corrected chi connectivity index (χ4v) is 3.39. The van der Waals surface area contributed by atoms with Gasteiger partial charge in [0.05, 0.1) is 0 Å². The minimum absolute atomic E-state index is 0.114. The van der Waals surface area contributed by atoms with Gasteiger partial charge < -0.3 is 9.84 Å². The lowest BCUT2D eigenvalue weighted by molar-refractivity contribution is -0.152. The predicted octanol–water partition coefficient (Wildman–Crippen LogP) is 3.31. The van der Waals surface area contributed by atoms with Crippen LogP contribution < -0.4 is 0 Å². The molecular formula is C13H18Cl2O4. The van der Waals surface area contributed by atoms with E-state index in [9.17, 15) is 9.59 Å². The van der Waals surface area contributed by atoms with E-state index in [1.807, 2.05) is 6.92 Å². The molecule has 0 radical (unpaired) electrons. The molecule has 0 spiro atoms. The van der Waals surface area contributed by atoms with E-state index < -0.39 is 17.0 Å². The van der Waals surface area contributed by atoms with Crippen molar-refractivity contribution in [1.29, 1.82) is 0 Å². The number of aliphatic carboxylic acids is 1. The summed E-state index contributed by atoms with van der Waals surface area (Å²) in [6, 6.07) is 0. The quantitative estimate of drug-likeness (QED) is 0.481. The standard InChI is InChI=1S/C13H18Cl2O4/c1-2-4-9-10(14)5-3-8-13(9,15)19-12(18)7-6-11(16)17/h6-7,9-10H,2-5,8H2,1H3,(H,16,17)/b7-6+. The number of alkyl halides is 2. The number of halogens is 2. The first-order valence-corrected chi connectivity index (χ1v) is 7.17. The highest BCUT2D eigenvalue weighted by atomic mass is 35.5. The average Bonchev–Trinajstić information content (AvgIpc) is 2.31. The van der Waals surface area contributed by atoms with Crippen molar-refractivity contribution in [3.8, 4) is 0 Å². The maximum Gasteiger partial charge on any atom is 0.332 e. The molecule has 4 nitrogen and oxygen atoms in total. The highest BCUT2D eigenvalue weighted by molar-refractivity contribution is 6.26. The van der Waals surface area contributed by atoms with Crippen LogP contribution in [0.15, 0.2) is 12.2 Å². The Hall–Kier alpha value is -0.740. The van der Waals surface area contributed by atoms with Crippen molar-refractivity contribution < 1.29 is 19.4 Å². The predicted molar refractivity (Wildman–Crippen MR) is 73.3 cm³/mol. The molecule has 0 aromatic carbocycles. The minimum Gasteiger partial charge on any atom is -0.478 e. The molecule has 3 unspecified atom stereocenters. The van der Waals surface area contributed by atoms with Crippen molar-refractivity contribution in [2.24, 2.45) is 5.92 Å². The highest BCUT2D eigenvalue weighted by Gasteiger charge is 2.46. The van der Waals surface area contributed by atoms with Gasteiger partial charge in [0.15, 0.2) is 5.06 Å². The van der Waals surface area contributed by atoms with Gasteiger partial charge in [-0.05, 0) is 19.3 Å². The number of carboxylic acids is 1. The zero-order valence-electron chi connectivity index (χ0n) is 10.8. The van der Waals surface area contributed by atoms with Gasteiger partial charge in [-0.25, -0.2) is 9.59 Å². The third-order valence-electron chi connectivity index (χ3n) is 3.22. The zero-order valence-corrected chi connectivity index (χ0v) is 12.3. The van der Waals surface area contributed by atoms with Crippen molar-refractivity contribution in [3.05, 3.63) is 12.2 Å². The van der Waals surface area contributed by atoms with Crippen LogP contribution in [-0.4, -0.2) is 27.5 Å². The molecule has 0 amide bonds. The van der Waals surface area contributed by atoms with Crippen molar-refractivity contribution in [2.75, 3.05) is 0 Å². The first kappa shape index (κ1) is 16.3. The van der Waals surface area contributed by atoms with Gasteiger partial charge in [0.25, 0.3) is 0 Å². The molecule has 0 aromatic heterocycles. The van der Waals surface area contributed by atoms with E-state index in [0.29, 0.717) is 6.42 Å². The summed E-state index contributed by atoms with van der Waals surface area (Å²) in [6.45, 7) is 2.02. The van der Waals surface area contributed by atoms with Crippen LogP contribution in [0, 0.1) is 5.92 Å². The number of ether oxygens (including phenoxy) is 1. The molecule has 19 heavy (non-hydrogen) atoms. The van der Waals surface area contributed by atoms with Gasteiger partial charge in [-0.15, -0.1) is 11.6 Å². The summed E-state index contributed by atoms with van der Waals surface area (Å²) in [6.07, 6.45) is 5.44. The molecule has 1 aliphatic rings. The number of carbonyl (C=O) groups is 2. The number of hydrogen-bond donors (Lipinski definition) is 1. The van der Waals surface area contributed by atoms with Crippen LogP contribution in [0.4, 0.5) is 0 Å². The van der Waals surface area contributed by atoms with Gasteiger partial charge in [0.1, 0.15) is 0 Å². The molecular weight excluding hydrogens is 291 g/mol. The Kier molecular flexibility index (Phi) is 6.14. The molecule has 1 N–H and O–H groups in total. The third-order valence-corrected chi connectivity index (χ3v) is 4.29. The lowest BCUT2D eigenvalue weighted by atomic mass is 9.82. The number of rotatable bonds is 5. The fraction of sp³-hybridized carbons (Fsp3) is 0.692. The lowest BCUT2D eigenvalue weighted by Gasteiger charge is -2.41. The first-order valence-electron chi connectivity index (χ1n) is 6.36. The molecule has 1 fully saturated rings. The molecule has 0 saturated heterocycles. The van der Waals surface area contributed by atoms with Crippen molar-refractivity contribution in [2.45, 2.75) is 49.5 Å². The molecule has 1 aliphatic carbocycles. The number of carboxylic acid groups (broad SMARTS) is 1. The number of hydrogen-bond acceptors (Lipinski definition) is 3. The monoisotopic (exact) mass is 308 g/mol. The molecule has 3 atom stereocenters. The van der Waals surface area contributed by atoms with E-state index in [-0.39, 0.29) is 11.3 Å². The van der Waals surface area contributed by atoms with E-state index in [1.54, 1.807) is 0 Å². The fourth-order valence-electron chi connectivity index (χ4n) is 2.37. The summed E-state index contributed by atoms with van der Waals surface area (Å²) in [7, 11) is 0. The van der Waals surface area contributed by atoms with E-state index in [4.69, 9.17) is 33.0 Å². The molecule has 0 bridgehead atoms. The minimum atomic E-state index is -1.20. The largest absolute Gasteiger partial charge is 0.478 e. The molecule has 108 valence electrons. The Morgan fingerprint density at radius 3 is 2.74 bits per heavy atom. The molecule has 1 saturated carbocycles. The summed E-state index contributed by atoms with van der Waals surface area (Å²) in [5.74, 6) is -2.06. The summed E-state index contributed by atoms with van der Waals surface area (Å²) < 4.78 is 5.26. The normalized spacial score (nSPS) is 31.3. The van der Waals surface area contributed by atoms with Crippen LogP contribution >= 0.6 is 23.2 Å². The smallest absolute Gasteiger partial charge is 0.332 e. The molecule has 0 aliphatic heterocycles. The Labute approximate surface area is 122 Å². The van der Waals surface area contributed by atoms with Crippen LogP contribution in [0.3, 0.4) is 0 Å². The summed E-state index contributed by atoms with van der Waals surface area (Å²) in [4.78, 5) is 21.9. The number of carbonyl (C=O) groups excluding carboxylic acids is 1. The zero-order chi connectivity index (χ0) is 14.5. The van der Waals surface area contributed by atoms with Gasteiger partial charge in [0, 0.05) is 29.9 Å². The Morgan fingerprint density at radius 2 is 2.16 bits per heavy atom. The van der Waals surface area contributed by atoms with E-state index >= 15 is 0 Å². The van der Waals surface area contributed by atoms with Crippen molar-refractivity contribution in [3.63, 3.8) is 0 Å². The summed E-state index contributed by atoms with van der Waals surface area (Å²) >= 11 is 12.7. The molecule has 1 rings (SSSR count). The number of esters is 1. The second kappa shape index (κ2) is 7.15. The van der Waals surface area contributed by atoms with Gasteiger partial charge in [-0.3, -0.25) is 0 Å². The molecule has 6 heteroatoms. The van der Waals surface area contributed by atoms with Gasteiger partial charge in [-0.1, -0.05) is 24.9 Å². The third kappa shape index (κ3) is 4.69. The first-order chi connectivity index (χ1) is 8.89. The summed E-state index contributed by atoms with van der Waals surface area (Å²) in [5, 5.41) is 7.21. The Bertz CT molecular complexity index is 370. The second-order valence-corrected chi connectivity index (χ2v) is 5.88. The SMILES string of the molecule is CCCC1C(Cl)CCCC1(Cl)OC(=O)/C=C/C(=O)O. The van der Waals surface area contributed by atoms with Crippen LogP contribution in [-0.2, 0) is 14.3 Å². The van der Waals surface area contributed by atoms with Crippen LogP contribution in [0.2, 0.25) is 0 Å². The van der Waals surface area contributed by atoms with Crippen molar-refractivity contribution in [1.82, 2.24) is 0 Å². The molecule has 0 aromatic rings. The van der Waals surface area contributed by atoms with E-state index in [2.05, 4.69) is 0 Å². The van der Waals surface area contributed by atoms with Crippen LogP contribution in [0.1, 0.15) is 39.0 Å². The average molecular weight is 309 g/mol. The van der Waals surface area contributed by atoms with Gasteiger partial charge >= 0.3 is 11.9 Å². The van der Waals surface area contributed by atoms with Crippen molar-refractivity contribution >= 4 is 35.1 Å². The maximum atomic E-state index is 11.6. The summed E-state index contributed by atoms with van der Waals surface area (Å²) in [5.41, 5.74) is 0. The molecule has 0 heterocycles. The van der Waals surface area contributed by atoms with E-state index in [1.165, 1.54) is 0 Å². The Morgan fingerprint density at radius 1 is 1.47 bits per heavy atom. The lowest BCUT2D eigenvalue weighted by Crippen LogP contribution is -2.44. The van der Waals surface area contributed by atoms with Crippen LogP contribution in [0.25, 0.3) is 0 Å². The Balaban J connectivity index is 2.75. The topological polar surface area (TPSA) is 63.6 Å². The maximum absolute atomic E-state index is 11.6. The van der Waals surface area contributed by atoms with Gasteiger partial charge in [-0.2, -0.15) is 0 Å². The van der Waals surface area contributed by atoms with Gasteiger partial charge in [0.2, 0.25) is 0 Å². The van der Waals surface area contributed by atoms with E-state index in [0.717, 1.165) is 37.8 Å². The van der Waals surface area contributed by atoms with Crippen LogP contribution in [0.5, 0.6) is 0 Å². The highest BCUT2D eigenvalue weighted by Crippen LogP contribution is 2.44. The second-order valence-electron chi connectivity index (χ2n) is 4.68.